The molecule has 0 spiro atoms. The molecule has 2 rings (SSSR count). The zero-order valence-electron chi connectivity index (χ0n) is 14.6. The van der Waals surface area contributed by atoms with Gasteiger partial charge in [0.15, 0.2) is 18.1 Å². The maximum Gasteiger partial charge on any atom is 0.276 e. The fraction of sp³-hybridized carbons (Fsp3) is 0.222. The van der Waals surface area contributed by atoms with Crippen molar-refractivity contribution >= 4 is 34.4 Å². The van der Waals surface area contributed by atoms with Crippen molar-refractivity contribution < 1.29 is 23.8 Å². The van der Waals surface area contributed by atoms with Gasteiger partial charge in [-0.15, -0.1) is 0 Å². The van der Waals surface area contributed by atoms with Gasteiger partial charge in [-0.1, -0.05) is 12.1 Å². The minimum Gasteiger partial charge on any atom is -0.493 e. The molecule has 0 aliphatic rings. The van der Waals surface area contributed by atoms with E-state index in [9.17, 15) is 9.59 Å². The van der Waals surface area contributed by atoms with Crippen molar-refractivity contribution in [3.8, 4) is 17.2 Å². The molecule has 7 nitrogen and oxygen atoms in total. The fourth-order valence-electron chi connectivity index (χ4n) is 2.11. The third-order valence-corrected chi connectivity index (χ3v) is 4.29. The molecule has 8 heteroatoms. The van der Waals surface area contributed by atoms with Crippen LogP contribution in [0.4, 0.5) is 0 Å². The van der Waals surface area contributed by atoms with Crippen LogP contribution in [0.25, 0.3) is 0 Å². The predicted molar refractivity (Wildman–Crippen MR) is 105 cm³/mol. The Balaban J connectivity index is 1.92. The van der Waals surface area contributed by atoms with Gasteiger partial charge in [-0.25, -0.2) is 0 Å². The van der Waals surface area contributed by atoms with Gasteiger partial charge in [0.05, 0.1) is 19.8 Å². The topological polar surface area (TPSA) is 85.9 Å². The zero-order chi connectivity index (χ0) is 19.1. The molecular weight excluding hydrogens is 451 g/mol. The number of nitrogens with one attached hydrogen (secondary N) is 2. The molecule has 2 aromatic rings. The molecule has 0 aliphatic heterocycles. The molecule has 0 radical (unpaired) electrons. The van der Waals surface area contributed by atoms with Crippen molar-refractivity contribution in [2.45, 2.75) is 6.92 Å². The Morgan fingerprint density at radius 2 is 1.73 bits per heavy atom. The minimum absolute atomic E-state index is 0.216. The largest absolute Gasteiger partial charge is 0.493 e. The van der Waals surface area contributed by atoms with Crippen LogP contribution in [-0.4, -0.2) is 32.6 Å². The second-order valence-electron chi connectivity index (χ2n) is 5.29. The summed E-state index contributed by atoms with van der Waals surface area (Å²) in [6, 6.07) is 10.6. The maximum atomic E-state index is 12.3. The second kappa shape index (κ2) is 9.27. The molecule has 0 bridgehead atoms. The van der Waals surface area contributed by atoms with Gasteiger partial charge in [0, 0.05) is 3.57 Å². The van der Waals surface area contributed by atoms with Gasteiger partial charge in [-0.05, 0) is 59.3 Å². The molecule has 0 fully saturated rings. The van der Waals surface area contributed by atoms with Crippen LogP contribution in [0.1, 0.15) is 15.9 Å². The van der Waals surface area contributed by atoms with Gasteiger partial charge < -0.3 is 14.2 Å². The van der Waals surface area contributed by atoms with E-state index in [-0.39, 0.29) is 6.61 Å². The van der Waals surface area contributed by atoms with Gasteiger partial charge in [0.25, 0.3) is 11.8 Å². The van der Waals surface area contributed by atoms with E-state index in [0.29, 0.717) is 26.4 Å². The smallest absolute Gasteiger partial charge is 0.276 e. The molecule has 2 amide bonds. The van der Waals surface area contributed by atoms with E-state index >= 15 is 0 Å². The molecule has 0 heterocycles. The maximum absolute atomic E-state index is 12.3. The molecule has 0 saturated carbocycles. The van der Waals surface area contributed by atoms with Crippen LogP contribution >= 0.6 is 22.6 Å². The first-order valence-corrected chi connectivity index (χ1v) is 8.72. The highest BCUT2D eigenvalue weighted by Gasteiger charge is 2.16. The van der Waals surface area contributed by atoms with Crippen molar-refractivity contribution in [3.05, 3.63) is 51.1 Å². The Morgan fingerprint density at radius 3 is 2.38 bits per heavy atom. The number of carbonyl (C=O) groups excluding carboxylic acids is 2. The average molecular weight is 470 g/mol. The summed E-state index contributed by atoms with van der Waals surface area (Å²) in [5.74, 6) is 0.576. The lowest BCUT2D eigenvalue weighted by Crippen LogP contribution is -2.44. The molecule has 0 aromatic heterocycles. The van der Waals surface area contributed by atoms with Gasteiger partial charge in [0.1, 0.15) is 5.75 Å². The first-order chi connectivity index (χ1) is 12.4. The molecule has 0 atom stereocenters. The van der Waals surface area contributed by atoms with E-state index in [4.69, 9.17) is 14.2 Å². The molecule has 0 unspecified atom stereocenters. The fourth-order valence-corrected chi connectivity index (χ4v) is 2.80. The number of benzene rings is 2. The second-order valence-corrected chi connectivity index (χ2v) is 6.46. The molecule has 2 aromatic carbocycles. The molecule has 26 heavy (non-hydrogen) atoms. The summed E-state index contributed by atoms with van der Waals surface area (Å²) in [6.45, 7) is 1.71. The molecule has 138 valence electrons. The third kappa shape index (κ3) is 5.25. The summed E-state index contributed by atoms with van der Waals surface area (Å²) in [7, 11) is 3.00. The lowest BCUT2D eigenvalue weighted by atomic mass is 10.2. The molecule has 2 N–H and O–H groups in total. The van der Waals surface area contributed by atoms with Crippen LogP contribution in [0.5, 0.6) is 17.2 Å². The van der Waals surface area contributed by atoms with Crippen molar-refractivity contribution in [3.63, 3.8) is 0 Å². The predicted octanol–water partition coefficient (Wildman–Crippen LogP) is 2.46. The number of ether oxygens (including phenoxy) is 3. The normalized spacial score (nSPS) is 10.0. The minimum atomic E-state index is -0.477. The molecule has 0 saturated heterocycles. The van der Waals surface area contributed by atoms with E-state index in [2.05, 4.69) is 10.9 Å². The third-order valence-electron chi connectivity index (χ3n) is 3.39. The summed E-state index contributed by atoms with van der Waals surface area (Å²) in [5, 5.41) is 0. The number of methoxy groups -OCH3 is 2. The van der Waals surface area contributed by atoms with Gasteiger partial charge in [0.2, 0.25) is 0 Å². The highest BCUT2D eigenvalue weighted by molar-refractivity contribution is 14.1. The number of halogens is 1. The van der Waals surface area contributed by atoms with E-state index in [1.807, 2.05) is 47.7 Å². The Morgan fingerprint density at radius 1 is 1.04 bits per heavy atom. The van der Waals surface area contributed by atoms with Gasteiger partial charge in [-0.3, -0.25) is 20.4 Å². The van der Waals surface area contributed by atoms with Crippen LogP contribution in [0, 0.1) is 10.5 Å². The number of hydrogen-bond acceptors (Lipinski definition) is 5. The Kier molecular flexibility index (Phi) is 7.07. The Bertz CT molecular complexity index is 810. The van der Waals surface area contributed by atoms with Gasteiger partial charge >= 0.3 is 0 Å². The highest BCUT2D eigenvalue weighted by Crippen LogP contribution is 2.31. The number of rotatable bonds is 6. The summed E-state index contributed by atoms with van der Waals surface area (Å²) < 4.78 is 16.4. The lowest BCUT2D eigenvalue weighted by molar-refractivity contribution is -0.123. The van der Waals surface area contributed by atoms with E-state index < -0.39 is 11.8 Å². The SMILES string of the molecule is COc1cc(I)c(C(=O)NNC(=O)COc2cccc(C)c2)cc1OC. The highest BCUT2D eigenvalue weighted by atomic mass is 127. The number of hydrazine groups is 1. The van der Waals surface area contributed by atoms with Crippen molar-refractivity contribution in [2.75, 3.05) is 20.8 Å². The van der Waals surface area contributed by atoms with Gasteiger partial charge in [-0.2, -0.15) is 0 Å². The van der Waals surface area contributed by atoms with Crippen LogP contribution in [-0.2, 0) is 4.79 Å². The monoisotopic (exact) mass is 470 g/mol. The van der Waals surface area contributed by atoms with Crippen LogP contribution in [0.2, 0.25) is 0 Å². The van der Waals surface area contributed by atoms with Crippen LogP contribution in [0.3, 0.4) is 0 Å². The zero-order valence-corrected chi connectivity index (χ0v) is 16.7. The first-order valence-electron chi connectivity index (χ1n) is 7.64. The van der Waals surface area contributed by atoms with Crippen molar-refractivity contribution in [2.24, 2.45) is 0 Å². The number of carbonyl (C=O) groups is 2. The Labute approximate surface area is 165 Å². The van der Waals surface area contributed by atoms with Crippen LogP contribution < -0.4 is 25.1 Å². The summed E-state index contributed by atoms with van der Waals surface area (Å²) in [6.07, 6.45) is 0. The molecular formula is C18H19IN2O5. The van der Waals surface area contributed by atoms with Crippen LogP contribution in [0.15, 0.2) is 36.4 Å². The van der Waals surface area contributed by atoms with E-state index in [1.165, 1.54) is 14.2 Å². The lowest BCUT2D eigenvalue weighted by Gasteiger charge is -2.13. The van der Waals surface area contributed by atoms with E-state index in [0.717, 1.165) is 5.56 Å². The number of aryl methyl sites for hydroxylation is 1. The summed E-state index contributed by atoms with van der Waals surface area (Å²) >= 11 is 2.01. The quantitative estimate of drug-likeness (QED) is 0.501. The number of hydrogen-bond donors (Lipinski definition) is 2. The first kappa shape index (κ1) is 19.8. The number of amides is 2. The standard InChI is InChI=1S/C18H19IN2O5/c1-11-5-4-6-12(7-11)26-10-17(22)20-21-18(23)13-8-15(24-2)16(25-3)9-14(13)19/h4-9H,10H2,1-3H3,(H,20,22)(H,21,23). The Hall–Kier alpha value is -2.49. The van der Waals surface area contributed by atoms with Crippen molar-refractivity contribution in [1.29, 1.82) is 0 Å². The summed E-state index contributed by atoms with van der Waals surface area (Å²) in [5.41, 5.74) is 6.05. The average Bonchev–Trinajstić information content (AvgIpc) is 2.64. The van der Waals surface area contributed by atoms with Crippen molar-refractivity contribution in [1.82, 2.24) is 10.9 Å². The van der Waals surface area contributed by atoms with E-state index in [1.54, 1.807) is 18.2 Å². The summed E-state index contributed by atoms with van der Waals surface area (Å²) in [4.78, 5) is 24.1. The molecule has 0 aliphatic carbocycles.